The molecule has 1 aromatic heterocycles. The fraction of sp³-hybridized carbons (Fsp3) is 0.524. The highest BCUT2D eigenvalue weighted by Gasteiger charge is 2.39. The molecule has 150 valence electrons. The summed E-state index contributed by atoms with van der Waals surface area (Å²) >= 11 is 0. The molecule has 3 atom stereocenters. The average molecular weight is 384 g/mol. The first-order valence-electron chi connectivity index (χ1n) is 9.88. The van der Waals surface area contributed by atoms with Gasteiger partial charge in [0.15, 0.2) is 0 Å². The first-order valence-corrected chi connectivity index (χ1v) is 9.88. The summed E-state index contributed by atoms with van der Waals surface area (Å²) in [6, 6.07) is 6.50. The zero-order valence-electron chi connectivity index (χ0n) is 16.5. The molecule has 0 saturated carbocycles. The molecule has 2 aliphatic rings. The molecule has 0 bridgehead atoms. The van der Waals surface area contributed by atoms with Crippen LogP contribution >= 0.6 is 0 Å². The van der Waals surface area contributed by atoms with Crippen LogP contribution in [0.5, 0.6) is 0 Å². The molecule has 4 rings (SSSR count). The van der Waals surface area contributed by atoms with Crippen molar-refractivity contribution in [2.24, 2.45) is 11.7 Å². The van der Waals surface area contributed by atoms with Crippen molar-refractivity contribution in [2.45, 2.75) is 31.2 Å². The number of H-pyrrole nitrogens is 1. The van der Waals surface area contributed by atoms with Gasteiger partial charge in [0.25, 0.3) is 0 Å². The summed E-state index contributed by atoms with van der Waals surface area (Å²) in [5.74, 6) is 0.421. The molecule has 0 spiro atoms. The Kier molecular flexibility index (Phi) is 5.02. The van der Waals surface area contributed by atoms with Gasteiger partial charge in [-0.05, 0) is 43.0 Å². The van der Waals surface area contributed by atoms with Crippen molar-refractivity contribution in [3.05, 3.63) is 35.5 Å². The third kappa shape index (κ3) is 3.35. The summed E-state index contributed by atoms with van der Waals surface area (Å²) in [4.78, 5) is 30.8. The van der Waals surface area contributed by atoms with Crippen molar-refractivity contribution >= 4 is 22.9 Å². The number of carbonyl (C=O) groups excluding carboxylic acids is 2. The Hall–Kier alpha value is -2.54. The van der Waals surface area contributed by atoms with Gasteiger partial charge in [0.1, 0.15) is 0 Å². The van der Waals surface area contributed by atoms with Gasteiger partial charge < -0.3 is 25.3 Å². The number of methoxy groups -OCH3 is 1. The Labute approximate surface area is 164 Å². The number of hydrogen-bond donors (Lipinski definition) is 2. The molecule has 7 nitrogen and oxygen atoms in total. The molecule has 1 fully saturated rings. The van der Waals surface area contributed by atoms with Gasteiger partial charge in [-0.15, -0.1) is 0 Å². The Balaban J connectivity index is 1.53. The van der Waals surface area contributed by atoms with E-state index in [1.807, 2.05) is 0 Å². The van der Waals surface area contributed by atoms with Gasteiger partial charge in [-0.25, -0.2) is 4.79 Å². The molecule has 7 heteroatoms. The van der Waals surface area contributed by atoms with Crippen LogP contribution in [0.15, 0.2) is 24.4 Å². The van der Waals surface area contributed by atoms with Crippen LogP contribution in [0.1, 0.15) is 29.9 Å². The van der Waals surface area contributed by atoms with Crippen LogP contribution < -0.4 is 5.73 Å². The first kappa shape index (κ1) is 18.8. The maximum Gasteiger partial charge on any atom is 0.314 e. The average Bonchev–Trinajstić information content (AvgIpc) is 3.10. The second-order valence-electron chi connectivity index (χ2n) is 8.11. The Morgan fingerprint density at radius 1 is 1.39 bits per heavy atom. The molecule has 1 aromatic carbocycles. The van der Waals surface area contributed by atoms with E-state index in [-0.39, 0.29) is 12.4 Å². The summed E-state index contributed by atoms with van der Waals surface area (Å²) in [5.41, 5.74) is 9.58. The Morgan fingerprint density at radius 3 is 2.96 bits per heavy atom. The van der Waals surface area contributed by atoms with Crippen LogP contribution in [0.2, 0.25) is 0 Å². The fourth-order valence-electron chi connectivity index (χ4n) is 5.12. The van der Waals surface area contributed by atoms with Crippen molar-refractivity contribution in [3.8, 4) is 0 Å². The number of nitrogens with zero attached hydrogens (tertiary/aromatic N) is 2. The first-order chi connectivity index (χ1) is 13.5. The molecule has 0 radical (unpaired) electrons. The SMILES string of the molecule is COC(=O)CCN(C[C@@H]1CC2c3cccc4[nH]cc(c34)C[C@H]2N(C)C1)C(N)=O. The number of carbonyl (C=O) groups is 2. The smallest absolute Gasteiger partial charge is 0.314 e. The fourth-order valence-corrected chi connectivity index (χ4v) is 5.12. The third-order valence-corrected chi connectivity index (χ3v) is 6.42. The van der Waals surface area contributed by atoms with E-state index < -0.39 is 6.03 Å². The lowest BCUT2D eigenvalue weighted by Crippen LogP contribution is -2.51. The number of nitrogens with two attached hydrogens (primary N) is 1. The number of likely N-dealkylation sites (tertiary alicyclic amines) is 1. The minimum Gasteiger partial charge on any atom is -0.469 e. The Morgan fingerprint density at radius 2 is 2.21 bits per heavy atom. The number of piperidine rings is 1. The van der Waals surface area contributed by atoms with Crippen LogP contribution in [0.25, 0.3) is 10.9 Å². The molecule has 28 heavy (non-hydrogen) atoms. The highest BCUT2D eigenvalue weighted by atomic mass is 16.5. The number of aromatic nitrogens is 1. The van der Waals surface area contributed by atoms with E-state index in [0.717, 1.165) is 19.4 Å². The highest BCUT2D eigenvalue weighted by molar-refractivity contribution is 5.88. The van der Waals surface area contributed by atoms with Crippen LogP contribution in [0.4, 0.5) is 4.79 Å². The van der Waals surface area contributed by atoms with E-state index >= 15 is 0 Å². The van der Waals surface area contributed by atoms with Crippen LogP contribution in [-0.2, 0) is 16.0 Å². The number of likely N-dealkylation sites (N-methyl/N-ethyl adjacent to an activating group) is 1. The molecule has 2 heterocycles. The summed E-state index contributed by atoms with van der Waals surface area (Å²) in [6.45, 7) is 1.78. The van der Waals surface area contributed by atoms with E-state index in [2.05, 4.69) is 46.1 Å². The van der Waals surface area contributed by atoms with Gasteiger partial charge in [0, 0.05) is 48.7 Å². The van der Waals surface area contributed by atoms with Crippen LogP contribution in [0.3, 0.4) is 0 Å². The maximum absolute atomic E-state index is 11.9. The lowest BCUT2D eigenvalue weighted by atomic mass is 9.72. The number of esters is 1. The number of benzene rings is 1. The zero-order valence-corrected chi connectivity index (χ0v) is 16.5. The quantitative estimate of drug-likeness (QED) is 0.772. The number of amides is 2. The third-order valence-electron chi connectivity index (χ3n) is 6.42. The van der Waals surface area contributed by atoms with Gasteiger partial charge in [-0.1, -0.05) is 12.1 Å². The topological polar surface area (TPSA) is 91.7 Å². The van der Waals surface area contributed by atoms with Crippen molar-refractivity contribution in [1.82, 2.24) is 14.8 Å². The monoisotopic (exact) mass is 384 g/mol. The number of ether oxygens (including phenoxy) is 1. The number of hydrogen-bond acceptors (Lipinski definition) is 4. The summed E-state index contributed by atoms with van der Waals surface area (Å²) in [5, 5.41) is 1.37. The van der Waals surface area contributed by atoms with E-state index in [1.165, 1.54) is 29.1 Å². The molecule has 3 N–H and O–H groups in total. The molecule has 1 unspecified atom stereocenters. The van der Waals surface area contributed by atoms with E-state index in [4.69, 9.17) is 5.73 Å². The number of primary amides is 1. The number of rotatable bonds is 5. The summed E-state index contributed by atoms with van der Waals surface area (Å²) in [7, 11) is 3.52. The van der Waals surface area contributed by atoms with E-state index in [0.29, 0.717) is 31.0 Å². The number of aromatic amines is 1. The minimum atomic E-state index is -0.479. The van der Waals surface area contributed by atoms with E-state index in [1.54, 1.807) is 4.90 Å². The van der Waals surface area contributed by atoms with Crippen LogP contribution in [0, 0.1) is 5.92 Å². The minimum absolute atomic E-state index is 0.167. The Bertz CT molecular complexity index is 893. The predicted octanol–water partition coefficient (Wildman–Crippen LogP) is 2.07. The van der Waals surface area contributed by atoms with Crippen molar-refractivity contribution in [3.63, 3.8) is 0 Å². The summed E-state index contributed by atoms with van der Waals surface area (Å²) < 4.78 is 4.69. The maximum atomic E-state index is 11.9. The lowest BCUT2D eigenvalue weighted by molar-refractivity contribution is -0.140. The normalized spacial score (nSPS) is 24.0. The van der Waals surface area contributed by atoms with Gasteiger partial charge in [0.05, 0.1) is 13.5 Å². The zero-order chi connectivity index (χ0) is 19.8. The number of fused-ring (bicyclic) bond motifs is 2. The molecule has 2 aromatic rings. The lowest BCUT2D eigenvalue weighted by Gasteiger charge is -2.46. The summed E-state index contributed by atoms with van der Waals surface area (Å²) in [6.07, 6.45) is 4.37. The molecule has 2 amide bonds. The van der Waals surface area contributed by atoms with E-state index in [9.17, 15) is 9.59 Å². The molecule has 1 aliphatic carbocycles. The second kappa shape index (κ2) is 7.47. The molecular formula is C21H28N4O3. The number of nitrogens with one attached hydrogen (secondary N) is 1. The number of urea groups is 1. The second-order valence-corrected chi connectivity index (χ2v) is 8.11. The van der Waals surface area contributed by atoms with Crippen molar-refractivity contribution in [2.75, 3.05) is 33.8 Å². The predicted molar refractivity (Wildman–Crippen MR) is 107 cm³/mol. The van der Waals surface area contributed by atoms with Gasteiger partial charge in [0.2, 0.25) is 0 Å². The molecular weight excluding hydrogens is 356 g/mol. The van der Waals surface area contributed by atoms with Gasteiger partial charge in [-0.2, -0.15) is 0 Å². The van der Waals surface area contributed by atoms with Crippen molar-refractivity contribution in [1.29, 1.82) is 0 Å². The van der Waals surface area contributed by atoms with Gasteiger partial charge >= 0.3 is 12.0 Å². The van der Waals surface area contributed by atoms with Crippen LogP contribution in [-0.4, -0.2) is 66.6 Å². The highest BCUT2D eigenvalue weighted by Crippen LogP contribution is 2.44. The van der Waals surface area contributed by atoms with Crippen molar-refractivity contribution < 1.29 is 14.3 Å². The largest absolute Gasteiger partial charge is 0.469 e. The van der Waals surface area contributed by atoms with Gasteiger partial charge in [-0.3, -0.25) is 4.79 Å². The molecule has 1 aliphatic heterocycles. The molecule has 1 saturated heterocycles. The standard InChI is InChI=1S/C21H28N4O3/c1-24-11-13(12-25(21(22)27)7-6-19(26)28-2)8-16-15-4-3-5-17-20(15)14(10-23-17)9-18(16)24/h3-5,10,13,16,18,23H,6-9,11-12H2,1-2H3,(H2,22,27)/t13-,16?,18-/m1/s1.